The number of hydrogen-bond donors (Lipinski definition) is 3. The molecule has 1 aliphatic heterocycles. The fourth-order valence-corrected chi connectivity index (χ4v) is 1.41. The maximum absolute atomic E-state index is 11.3. The van der Waals surface area contributed by atoms with Gasteiger partial charge in [0.15, 0.2) is 0 Å². The van der Waals surface area contributed by atoms with Gasteiger partial charge in [-0.15, -0.1) is 0 Å². The van der Waals surface area contributed by atoms with Gasteiger partial charge in [-0.1, -0.05) is 6.42 Å². The molecule has 86 valence electrons. The van der Waals surface area contributed by atoms with Gasteiger partial charge in [0, 0.05) is 26.1 Å². The molecule has 0 radical (unpaired) electrons. The third-order valence-corrected chi connectivity index (χ3v) is 2.52. The Hall–Kier alpha value is -1.10. The summed E-state index contributed by atoms with van der Waals surface area (Å²) in [5.41, 5.74) is 0. The number of carboxylic acids is 1. The highest BCUT2D eigenvalue weighted by molar-refractivity contribution is 5.79. The highest BCUT2D eigenvalue weighted by Gasteiger charge is 2.23. The van der Waals surface area contributed by atoms with Crippen LogP contribution in [0, 0.1) is 5.92 Å². The second-order valence-corrected chi connectivity index (χ2v) is 3.85. The van der Waals surface area contributed by atoms with E-state index in [1.807, 2.05) is 0 Å². The van der Waals surface area contributed by atoms with Gasteiger partial charge < -0.3 is 15.7 Å². The molecule has 3 N–H and O–H groups in total. The summed E-state index contributed by atoms with van der Waals surface area (Å²) in [5, 5.41) is 14.3. The van der Waals surface area contributed by atoms with Crippen molar-refractivity contribution in [3.8, 4) is 0 Å². The Morgan fingerprint density at radius 3 is 2.53 bits per heavy atom. The van der Waals surface area contributed by atoms with Crippen LogP contribution in [0.2, 0.25) is 0 Å². The lowest BCUT2D eigenvalue weighted by atomic mass is 10.0. The van der Waals surface area contributed by atoms with Crippen LogP contribution in [0.25, 0.3) is 0 Å². The minimum absolute atomic E-state index is 0.118. The van der Waals surface area contributed by atoms with Crippen molar-refractivity contribution in [1.82, 2.24) is 10.6 Å². The second kappa shape index (κ2) is 6.40. The lowest BCUT2D eigenvalue weighted by Gasteiger charge is -2.25. The zero-order valence-corrected chi connectivity index (χ0v) is 8.79. The number of nitrogens with one attached hydrogen (secondary N) is 2. The number of carbonyl (C=O) groups is 2. The van der Waals surface area contributed by atoms with Gasteiger partial charge >= 0.3 is 5.97 Å². The minimum atomic E-state index is -0.750. The lowest BCUT2D eigenvalue weighted by molar-refractivity contribution is -0.137. The molecule has 0 aromatic carbocycles. The molecule has 15 heavy (non-hydrogen) atoms. The Kier molecular flexibility index (Phi) is 5.10. The van der Waals surface area contributed by atoms with E-state index in [0.717, 1.165) is 25.9 Å². The van der Waals surface area contributed by atoms with Crippen molar-refractivity contribution in [2.24, 2.45) is 5.92 Å². The SMILES string of the molecule is O=C(O)CCCCCNC(=O)C1CNC1. The third kappa shape index (κ3) is 4.78. The number of carboxylic acid groups (broad SMARTS) is 1. The molecule has 0 saturated carbocycles. The molecule has 1 amide bonds. The first-order valence-corrected chi connectivity index (χ1v) is 5.40. The van der Waals surface area contributed by atoms with Crippen LogP contribution >= 0.6 is 0 Å². The number of carbonyl (C=O) groups excluding carboxylic acids is 1. The first-order chi connectivity index (χ1) is 7.20. The van der Waals surface area contributed by atoms with E-state index in [0.29, 0.717) is 13.0 Å². The Morgan fingerprint density at radius 1 is 1.27 bits per heavy atom. The van der Waals surface area contributed by atoms with E-state index in [1.165, 1.54) is 0 Å². The Bertz CT molecular complexity index is 227. The summed E-state index contributed by atoms with van der Waals surface area (Å²) in [4.78, 5) is 21.5. The molecule has 0 unspecified atom stereocenters. The van der Waals surface area contributed by atoms with Crippen molar-refractivity contribution in [1.29, 1.82) is 0 Å². The van der Waals surface area contributed by atoms with Gasteiger partial charge in [0.25, 0.3) is 0 Å². The van der Waals surface area contributed by atoms with Crippen molar-refractivity contribution < 1.29 is 14.7 Å². The summed E-state index contributed by atoms with van der Waals surface area (Å²) in [6.45, 7) is 2.23. The molecule has 1 saturated heterocycles. The largest absolute Gasteiger partial charge is 0.481 e. The molecule has 0 aromatic heterocycles. The average Bonchev–Trinajstić information content (AvgIpc) is 2.07. The maximum Gasteiger partial charge on any atom is 0.303 e. The molecule has 0 bridgehead atoms. The van der Waals surface area contributed by atoms with E-state index in [-0.39, 0.29) is 18.2 Å². The number of aliphatic carboxylic acids is 1. The normalized spacial score (nSPS) is 15.7. The lowest BCUT2D eigenvalue weighted by Crippen LogP contribution is -2.50. The molecular weight excluding hydrogens is 196 g/mol. The molecule has 0 spiro atoms. The molecule has 1 rings (SSSR count). The summed E-state index contributed by atoms with van der Waals surface area (Å²) in [6, 6.07) is 0. The third-order valence-electron chi connectivity index (χ3n) is 2.52. The van der Waals surface area contributed by atoms with Crippen molar-refractivity contribution in [2.45, 2.75) is 25.7 Å². The number of rotatable bonds is 7. The van der Waals surface area contributed by atoms with Crippen LogP contribution in [0.5, 0.6) is 0 Å². The Labute approximate surface area is 89.2 Å². The quantitative estimate of drug-likeness (QED) is 0.520. The van der Waals surface area contributed by atoms with Crippen LogP contribution in [-0.4, -0.2) is 36.6 Å². The van der Waals surface area contributed by atoms with Gasteiger partial charge in [0.1, 0.15) is 0 Å². The summed E-state index contributed by atoms with van der Waals surface area (Å²) in [5.74, 6) is -0.490. The summed E-state index contributed by atoms with van der Waals surface area (Å²) in [6.07, 6.45) is 2.63. The average molecular weight is 214 g/mol. The fourth-order valence-electron chi connectivity index (χ4n) is 1.41. The smallest absolute Gasteiger partial charge is 0.303 e. The Balaban J connectivity index is 1.88. The van der Waals surface area contributed by atoms with Gasteiger partial charge in [0.2, 0.25) is 5.91 Å². The van der Waals surface area contributed by atoms with E-state index in [4.69, 9.17) is 5.11 Å². The number of hydrogen-bond acceptors (Lipinski definition) is 3. The standard InChI is InChI=1S/C10H18N2O3/c13-9(14)4-2-1-3-5-12-10(15)8-6-11-7-8/h8,11H,1-7H2,(H,12,15)(H,13,14). The van der Waals surface area contributed by atoms with Crippen LogP contribution in [0.4, 0.5) is 0 Å². The highest BCUT2D eigenvalue weighted by Crippen LogP contribution is 2.03. The first kappa shape index (κ1) is 12.0. The van der Waals surface area contributed by atoms with Crippen molar-refractivity contribution in [3.63, 3.8) is 0 Å². The highest BCUT2D eigenvalue weighted by atomic mass is 16.4. The van der Waals surface area contributed by atoms with E-state index in [2.05, 4.69) is 10.6 Å². The van der Waals surface area contributed by atoms with Crippen molar-refractivity contribution >= 4 is 11.9 Å². The number of amides is 1. The molecule has 0 aromatic rings. The van der Waals surface area contributed by atoms with Gasteiger partial charge in [-0.2, -0.15) is 0 Å². The zero-order valence-electron chi connectivity index (χ0n) is 8.79. The molecule has 0 aliphatic carbocycles. The van der Waals surface area contributed by atoms with Gasteiger partial charge in [-0.25, -0.2) is 0 Å². The topological polar surface area (TPSA) is 78.4 Å². The van der Waals surface area contributed by atoms with Crippen LogP contribution < -0.4 is 10.6 Å². The van der Waals surface area contributed by atoms with E-state index >= 15 is 0 Å². The van der Waals surface area contributed by atoms with Crippen LogP contribution in [0.3, 0.4) is 0 Å². The zero-order chi connectivity index (χ0) is 11.1. The van der Waals surface area contributed by atoms with Crippen molar-refractivity contribution in [3.05, 3.63) is 0 Å². The first-order valence-electron chi connectivity index (χ1n) is 5.40. The van der Waals surface area contributed by atoms with Gasteiger partial charge in [-0.05, 0) is 12.8 Å². The summed E-state index contributed by atoms with van der Waals surface area (Å²) < 4.78 is 0. The molecule has 5 nitrogen and oxygen atoms in total. The predicted molar refractivity (Wildman–Crippen MR) is 55.5 cm³/mol. The van der Waals surface area contributed by atoms with Crippen molar-refractivity contribution in [2.75, 3.05) is 19.6 Å². The van der Waals surface area contributed by atoms with E-state index in [9.17, 15) is 9.59 Å². The van der Waals surface area contributed by atoms with E-state index < -0.39 is 5.97 Å². The van der Waals surface area contributed by atoms with Crippen LogP contribution in [0.15, 0.2) is 0 Å². The molecule has 1 fully saturated rings. The monoisotopic (exact) mass is 214 g/mol. The predicted octanol–water partition coefficient (Wildman–Crippen LogP) is -0.0330. The van der Waals surface area contributed by atoms with Gasteiger partial charge in [0.05, 0.1) is 5.92 Å². The molecular formula is C10H18N2O3. The van der Waals surface area contributed by atoms with Gasteiger partial charge in [-0.3, -0.25) is 9.59 Å². The minimum Gasteiger partial charge on any atom is -0.481 e. The Morgan fingerprint density at radius 2 is 2.00 bits per heavy atom. The number of unbranched alkanes of at least 4 members (excludes halogenated alkanes) is 2. The summed E-state index contributed by atoms with van der Waals surface area (Å²) in [7, 11) is 0. The van der Waals surface area contributed by atoms with Crippen LogP contribution in [0.1, 0.15) is 25.7 Å². The molecule has 1 aliphatic rings. The summed E-state index contributed by atoms with van der Waals surface area (Å²) >= 11 is 0. The molecule has 0 atom stereocenters. The second-order valence-electron chi connectivity index (χ2n) is 3.85. The molecule has 1 heterocycles. The molecule has 5 heteroatoms. The fraction of sp³-hybridized carbons (Fsp3) is 0.800. The van der Waals surface area contributed by atoms with E-state index in [1.54, 1.807) is 0 Å². The van der Waals surface area contributed by atoms with Crippen LogP contribution in [-0.2, 0) is 9.59 Å². The maximum atomic E-state index is 11.3.